The van der Waals surface area contributed by atoms with Gasteiger partial charge in [-0.2, -0.15) is 15.1 Å². The van der Waals surface area contributed by atoms with E-state index in [1.807, 2.05) is 31.4 Å². The number of hydrogen-bond acceptors (Lipinski definition) is 7. The van der Waals surface area contributed by atoms with Crippen LogP contribution in [0.1, 0.15) is 18.4 Å². The predicted molar refractivity (Wildman–Crippen MR) is 105 cm³/mol. The zero-order chi connectivity index (χ0) is 18.8. The number of benzene rings is 1. The largest absolute Gasteiger partial charge is 0.493 e. The van der Waals surface area contributed by atoms with Crippen LogP contribution in [0.15, 0.2) is 24.4 Å². The first-order valence-electron chi connectivity index (χ1n) is 9.09. The van der Waals surface area contributed by atoms with Gasteiger partial charge in [0.1, 0.15) is 5.82 Å². The van der Waals surface area contributed by atoms with E-state index in [0.717, 1.165) is 35.5 Å². The average Bonchev–Trinajstić information content (AvgIpc) is 3.36. The maximum atomic E-state index is 5.38. The van der Waals surface area contributed by atoms with Gasteiger partial charge in [0.05, 0.1) is 25.8 Å². The van der Waals surface area contributed by atoms with Crippen LogP contribution >= 0.6 is 0 Å². The van der Waals surface area contributed by atoms with Gasteiger partial charge in [-0.25, -0.2) is 0 Å². The lowest BCUT2D eigenvalue weighted by Gasteiger charge is -2.18. The summed E-state index contributed by atoms with van der Waals surface area (Å²) >= 11 is 0. The highest BCUT2D eigenvalue weighted by Gasteiger charge is 2.20. The topological polar surface area (TPSA) is 77.3 Å². The Bertz CT molecular complexity index is 949. The summed E-state index contributed by atoms with van der Waals surface area (Å²) in [6.07, 6.45) is 4.24. The van der Waals surface area contributed by atoms with Crippen LogP contribution < -0.4 is 19.7 Å². The van der Waals surface area contributed by atoms with Crippen molar-refractivity contribution in [3.63, 3.8) is 0 Å². The summed E-state index contributed by atoms with van der Waals surface area (Å²) in [5.41, 5.74) is 1.89. The van der Waals surface area contributed by atoms with Crippen LogP contribution in [0.25, 0.3) is 11.0 Å². The van der Waals surface area contributed by atoms with E-state index in [-0.39, 0.29) is 0 Å². The van der Waals surface area contributed by atoms with Crippen LogP contribution in [0.4, 0.5) is 11.8 Å². The monoisotopic (exact) mass is 368 g/mol. The van der Waals surface area contributed by atoms with Gasteiger partial charge in [-0.15, -0.1) is 0 Å². The van der Waals surface area contributed by atoms with Crippen molar-refractivity contribution in [1.82, 2.24) is 19.7 Å². The molecular formula is C19H24N6O2. The van der Waals surface area contributed by atoms with Crippen molar-refractivity contribution in [2.24, 2.45) is 7.05 Å². The van der Waals surface area contributed by atoms with E-state index in [0.29, 0.717) is 24.0 Å². The van der Waals surface area contributed by atoms with E-state index < -0.39 is 0 Å². The summed E-state index contributed by atoms with van der Waals surface area (Å²) in [7, 11) is 5.17. The zero-order valence-electron chi connectivity index (χ0n) is 15.9. The number of hydrogen-bond donors (Lipinski definition) is 1. The average molecular weight is 368 g/mol. The normalized spacial score (nSPS) is 14.0. The Morgan fingerprint density at radius 3 is 2.59 bits per heavy atom. The summed E-state index contributed by atoms with van der Waals surface area (Å²) in [6, 6.07) is 5.85. The number of fused-ring (bicyclic) bond motifs is 1. The van der Waals surface area contributed by atoms with Gasteiger partial charge >= 0.3 is 0 Å². The van der Waals surface area contributed by atoms with Crippen molar-refractivity contribution in [3.05, 3.63) is 30.0 Å². The van der Waals surface area contributed by atoms with Crippen LogP contribution in [0.2, 0.25) is 0 Å². The maximum Gasteiger partial charge on any atom is 0.227 e. The van der Waals surface area contributed by atoms with E-state index in [9.17, 15) is 0 Å². The predicted octanol–water partition coefficient (Wildman–Crippen LogP) is 2.59. The standard InChI is InChI=1S/C19H24N6O2/c1-24-17-14(12-21-24)18(25-8-4-5-9-25)23-19(22-17)20-11-13-6-7-15(26-2)16(10-13)27-3/h6-7,10,12H,4-5,8-9,11H2,1-3H3,(H,20,22,23). The summed E-state index contributed by atoms with van der Waals surface area (Å²) in [6.45, 7) is 2.63. The smallest absolute Gasteiger partial charge is 0.227 e. The Balaban J connectivity index is 1.61. The van der Waals surface area contributed by atoms with E-state index in [1.54, 1.807) is 18.9 Å². The van der Waals surface area contributed by atoms with Crippen LogP contribution in [0.5, 0.6) is 11.5 Å². The molecule has 1 aliphatic rings. The number of anilines is 2. The highest BCUT2D eigenvalue weighted by Crippen LogP contribution is 2.29. The minimum Gasteiger partial charge on any atom is -0.493 e. The van der Waals surface area contributed by atoms with E-state index in [4.69, 9.17) is 14.5 Å². The van der Waals surface area contributed by atoms with Crippen molar-refractivity contribution in [3.8, 4) is 11.5 Å². The van der Waals surface area contributed by atoms with Gasteiger partial charge in [0, 0.05) is 26.7 Å². The molecule has 2 aromatic heterocycles. The second-order valence-corrected chi connectivity index (χ2v) is 6.61. The second-order valence-electron chi connectivity index (χ2n) is 6.61. The lowest BCUT2D eigenvalue weighted by Crippen LogP contribution is -2.20. The minimum absolute atomic E-state index is 0.586. The van der Waals surface area contributed by atoms with E-state index in [2.05, 4.69) is 20.3 Å². The molecule has 8 heteroatoms. The summed E-state index contributed by atoms with van der Waals surface area (Å²) < 4.78 is 12.5. The van der Waals surface area contributed by atoms with E-state index in [1.165, 1.54) is 12.8 Å². The highest BCUT2D eigenvalue weighted by molar-refractivity contribution is 5.88. The van der Waals surface area contributed by atoms with Gasteiger partial charge in [0.25, 0.3) is 0 Å². The van der Waals surface area contributed by atoms with Crippen LogP contribution in [-0.4, -0.2) is 47.1 Å². The molecule has 0 aliphatic carbocycles. The number of nitrogens with zero attached hydrogens (tertiary/aromatic N) is 5. The number of nitrogens with one attached hydrogen (secondary N) is 1. The van der Waals surface area contributed by atoms with Gasteiger partial charge in [-0.05, 0) is 30.5 Å². The van der Waals surface area contributed by atoms with Crippen molar-refractivity contribution in [2.45, 2.75) is 19.4 Å². The fraction of sp³-hybridized carbons (Fsp3) is 0.421. The molecule has 0 radical (unpaired) electrons. The Hall–Kier alpha value is -3.03. The number of ether oxygens (including phenoxy) is 2. The Labute approximate surface area is 158 Å². The molecule has 1 N–H and O–H groups in total. The number of rotatable bonds is 6. The van der Waals surface area contributed by atoms with Crippen LogP contribution in [0, 0.1) is 0 Å². The zero-order valence-corrected chi connectivity index (χ0v) is 15.9. The molecule has 4 rings (SSSR count). The van der Waals surface area contributed by atoms with Crippen molar-refractivity contribution in [1.29, 1.82) is 0 Å². The molecule has 1 aliphatic heterocycles. The lowest BCUT2D eigenvalue weighted by atomic mass is 10.2. The number of aromatic nitrogens is 4. The number of aryl methyl sites for hydroxylation is 1. The molecule has 0 bridgehead atoms. The fourth-order valence-electron chi connectivity index (χ4n) is 3.43. The molecule has 0 saturated carbocycles. The van der Waals surface area contributed by atoms with Gasteiger partial charge in [0.15, 0.2) is 17.1 Å². The first-order valence-corrected chi connectivity index (χ1v) is 9.09. The van der Waals surface area contributed by atoms with Gasteiger partial charge in [-0.3, -0.25) is 4.68 Å². The summed E-state index contributed by atoms with van der Waals surface area (Å²) in [5.74, 6) is 2.98. The Kier molecular flexibility index (Phi) is 4.70. The molecule has 1 fully saturated rings. The molecule has 3 heterocycles. The third-order valence-corrected chi connectivity index (χ3v) is 4.88. The molecule has 0 atom stereocenters. The SMILES string of the molecule is COc1ccc(CNc2nc(N3CCCC3)c3cnn(C)c3n2)cc1OC. The van der Waals surface area contributed by atoms with Gasteiger partial charge in [0.2, 0.25) is 5.95 Å². The van der Waals surface area contributed by atoms with Gasteiger partial charge < -0.3 is 19.7 Å². The third-order valence-electron chi connectivity index (χ3n) is 4.88. The Morgan fingerprint density at radius 2 is 1.85 bits per heavy atom. The molecule has 0 spiro atoms. The van der Waals surface area contributed by atoms with Crippen LogP contribution in [-0.2, 0) is 13.6 Å². The molecular weight excluding hydrogens is 344 g/mol. The molecule has 8 nitrogen and oxygen atoms in total. The molecule has 0 amide bonds. The molecule has 142 valence electrons. The van der Waals surface area contributed by atoms with E-state index >= 15 is 0 Å². The lowest BCUT2D eigenvalue weighted by molar-refractivity contribution is 0.354. The molecule has 3 aromatic rings. The van der Waals surface area contributed by atoms with Crippen molar-refractivity contribution < 1.29 is 9.47 Å². The minimum atomic E-state index is 0.586. The highest BCUT2D eigenvalue weighted by atomic mass is 16.5. The second kappa shape index (κ2) is 7.30. The molecule has 1 aromatic carbocycles. The molecule has 27 heavy (non-hydrogen) atoms. The van der Waals surface area contributed by atoms with Gasteiger partial charge in [-0.1, -0.05) is 6.07 Å². The quantitative estimate of drug-likeness (QED) is 0.716. The fourth-order valence-corrected chi connectivity index (χ4v) is 3.43. The first kappa shape index (κ1) is 17.4. The summed E-state index contributed by atoms with van der Waals surface area (Å²) in [5, 5.41) is 8.69. The molecule has 0 unspecified atom stereocenters. The summed E-state index contributed by atoms with van der Waals surface area (Å²) in [4.78, 5) is 11.7. The van der Waals surface area contributed by atoms with Crippen LogP contribution in [0.3, 0.4) is 0 Å². The maximum absolute atomic E-state index is 5.38. The Morgan fingerprint density at radius 1 is 1.07 bits per heavy atom. The molecule has 1 saturated heterocycles. The third kappa shape index (κ3) is 3.34. The van der Waals surface area contributed by atoms with Crippen molar-refractivity contribution >= 4 is 22.8 Å². The van der Waals surface area contributed by atoms with Crippen molar-refractivity contribution in [2.75, 3.05) is 37.5 Å². The number of methoxy groups -OCH3 is 2. The first-order chi connectivity index (χ1) is 13.2.